The first-order valence-corrected chi connectivity index (χ1v) is 6.69. The lowest BCUT2D eigenvalue weighted by Gasteiger charge is -2.23. The Morgan fingerprint density at radius 1 is 1.40 bits per heavy atom. The number of primary amides is 1. The smallest absolute Gasteiger partial charge is 0.318 e. The third kappa shape index (κ3) is 4.91. The topological polar surface area (TPSA) is 113 Å². The number of carbonyl (C=O) groups excluding carboxylic acids is 2. The Kier molecular flexibility index (Phi) is 6.02. The highest BCUT2D eigenvalue weighted by Crippen LogP contribution is 2.18. The molecule has 20 heavy (non-hydrogen) atoms. The highest BCUT2D eigenvalue weighted by atomic mass is 16.4. The van der Waals surface area contributed by atoms with Crippen LogP contribution in [0.15, 0.2) is 12.2 Å². The largest absolute Gasteiger partial charge is 0.481 e. The molecule has 0 aromatic heterocycles. The number of unbranched alkanes of at least 4 members (excludes halogenated alkanes) is 1. The molecule has 4 N–H and O–H groups in total. The van der Waals surface area contributed by atoms with E-state index in [2.05, 4.69) is 5.32 Å². The monoisotopic (exact) mass is 283 g/mol. The maximum absolute atomic E-state index is 12.0. The van der Waals surface area contributed by atoms with Crippen LogP contribution in [0.25, 0.3) is 0 Å². The van der Waals surface area contributed by atoms with Crippen molar-refractivity contribution in [2.45, 2.75) is 32.2 Å². The standard InChI is InChI=1S/C13H21N3O4/c1-2-3-6-16(8-11(14)17)13(20)15-10-5-4-9(7-10)12(18)19/h4-5,9-10H,2-3,6-8H2,1H3,(H2,14,17)(H,15,20)(H,18,19). The van der Waals surface area contributed by atoms with Crippen LogP contribution in [0.4, 0.5) is 4.79 Å². The van der Waals surface area contributed by atoms with E-state index in [1.807, 2.05) is 6.92 Å². The van der Waals surface area contributed by atoms with Crippen LogP contribution >= 0.6 is 0 Å². The summed E-state index contributed by atoms with van der Waals surface area (Å²) in [6, 6.07) is -0.710. The molecule has 2 unspecified atom stereocenters. The number of nitrogens with zero attached hydrogens (tertiary/aromatic N) is 1. The molecule has 1 aliphatic rings. The second-order valence-electron chi connectivity index (χ2n) is 4.86. The molecule has 3 amide bonds. The summed E-state index contributed by atoms with van der Waals surface area (Å²) in [6.45, 7) is 2.30. The van der Waals surface area contributed by atoms with Gasteiger partial charge in [0.1, 0.15) is 6.54 Å². The molecule has 0 aromatic rings. The predicted octanol–water partition coefficient (Wildman–Crippen LogP) is 0.313. The molecular formula is C13H21N3O4. The van der Waals surface area contributed by atoms with Gasteiger partial charge in [0.05, 0.1) is 12.0 Å². The second kappa shape index (κ2) is 7.52. The van der Waals surface area contributed by atoms with Crippen LogP contribution in [0.3, 0.4) is 0 Å². The zero-order chi connectivity index (χ0) is 15.1. The molecule has 0 spiro atoms. The van der Waals surface area contributed by atoms with Gasteiger partial charge in [0.25, 0.3) is 0 Å². The summed E-state index contributed by atoms with van der Waals surface area (Å²) in [4.78, 5) is 35.2. The van der Waals surface area contributed by atoms with Gasteiger partial charge < -0.3 is 21.1 Å². The third-order valence-corrected chi connectivity index (χ3v) is 3.13. The number of nitrogens with one attached hydrogen (secondary N) is 1. The van der Waals surface area contributed by atoms with Gasteiger partial charge in [-0.3, -0.25) is 9.59 Å². The predicted molar refractivity (Wildman–Crippen MR) is 72.9 cm³/mol. The van der Waals surface area contributed by atoms with E-state index < -0.39 is 23.8 Å². The quantitative estimate of drug-likeness (QED) is 0.584. The number of rotatable bonds is 7. The molecule has 0 aliphatic heterocycles. The number of hydrogen-bond donors (Lipinski definition) is 3. The first kappa shape index (κ1) is 16.0. The number of nitrogens with two attached hydrogens (primary N) is 1. The Bertz CT molecular complexity index is 408. The van der Waals surface area contributed by atoms with Crippen LogP contribution < -0.4 is 11.1 Å². The Balaban J connectivity index is 2.51. The second-order valence-corrected chi connectivity index (χ2v) is 4.86. The summed E-state index contributed by atoms with van der Waals surface area (Å²) in [6.07, 6.45) is 5.24. The van der Waals surface area contributed by atoms with Crippen LogP contribution in [-0.2, 0) is 9.59 Å². The van der Waals surface area contributed by atoms with Crippen LogP contribution in [0.2, 0.25) is 0 Å². The molecule has 1 rings (SSSR count). The van der Waals surface area contributed by atoms with Gasteiger partial charge in [0.2, 0.25) is 5.91 Å². The first-order valence-electron chi connectivity index (χ1n) is 6.69. The summed E-state index contributed by atoms with van der Waals surface area (Å²) < 4.78 is 0. The van der Waals surface area contributed by atoms with Crippen LogP contribution in [0.5, 0.6) is 0 Å². The summed E-state index contributed by atoms with van der Waals surface area (Å²) in [5.41, 5.74) is 5.12. The SMILES string of the molecule is CCCCN(CC(N)=O)C(=O)NC1C=CC(C(=O)O)C1. The minimum atomic E-state index is -0.905. The molecule has 0 heterocycles. The molecule has 2 atom stereocenters. The maximum atomic E-state index is 12.0. The van der Waals surface area contributed by atoms with Crippen LogP contribution in [0, 0.1) is 5.92 Å². The third-order valence-electron chi connectivity index (χ3n) is 3.13. The Labute approximate surface area is 117 Å². The summed E-state index contributed by atoms with van der Waals surface area (Å²) in [7, 11) is 0. The molecule has 0 bridgehead atoms. The first-order chi connectivity index (χ1) is 9.43. The van der Waals surface area contributed by atoms with Crippen LogP contribution in [0.1, 0.15) is 26.2 Å². The fraction of sp³-hybridized carbons (Fsp3) is 0.615. The van der Waals surface area contributed by atoms with Gasteiger partial charge in [0.15, 0.2) is 0 Å². The molecule has 7 nitrogen and oxygen atoms in total. The van der Waals surface area contributed by atoms with E-state index in [0.29, 0.717) is 13.0 Å². The molecule has 0 saturated heterocycles. The van der Waals surface area contributed by atoms with Gasteiger partial charge in [-0.25, -0.2) is 4.79 Å². The Hall–Kier alpha value is -2.05. The molecular weight excluding hydrogens is 262 g/mol. The van der Waals surface area contributed by atoms with E-state index in [-0.39, 0.29) is 12.6 Å². The fourth-order valence-electron chi connectivity index (χ4n) is 2.03. The number of carboxylic acid groups (broad SMARTS) is 1. The van der Waals surface area contributed by atoms with Crippen LogP contribution in [-0.4, -0.2) is 47.0 Å². The minimum absolute atomic E-state index is 0.134. The van der Waals surface area contributed by atoms with E-state index in [1.54, 1.807) is 12.2 Å². The zero-order valence-corrected chi connectivity index (χ0v) is 11.5. The van der Waals surface area contributed by atoms with Crippen molar-refractivity contribution in [2.75, 3.05) is 13.1 Å². The maximum Gasteiger partial charge on any atom is 0.318 e. The van der Waals surface area contributed by atoms with Gasteiger partial charge in [-0.2, -0.15) is 0 Å². The van der Waals surface area contributed by atoms with Crippen molar-refractivity contribution in [1.82, 2.24) is 10.2 Å². The number of urea groups is 1. The van der Waals surface area contributed by atoms with Crippen molar-refractivity contribution in [1.29, 1.82) is 0 Å². The summed E-state index contributed by atoms with van der Waals surface area (Å²) in [5, 5.41) is 11.6. The highest BCUT2D eigenvalue weighted by molar-refractivity contribution is 5.83. The van der Waals surface area contributed by atoms with E-state index in [4.69, 9.17) is 10.8 Å². The number of carbonyl (C=O) groups is 3. The van der Waals surface area contributed by atoms with E-state index in [0.717, 1.165) is 12.8 Å². The molecule has 7 heteroatoms. The molecule has 1 aliphatic carbocycles. The molecule has 0 fully saturated rings. The van der Waals surface area contributed by atoms with Gasteiger partial charge in [-0.1, -0.05) is 25.5 Å². The molecule has 0 saturated carbocycles. The van der Waals surface area contributed by atoms with Crippen molar-refractivity contribution >= 4 is 17.9 Å². The normalized spacial score (nSPS) is 20.6. The van der Waals surface area contributed by atoms with Gasteiger partial charge in [-0.15, -0.1) is 0 Å². The summed E-state index contributed by atoms with van der Waals surface area (Å²) >= 11 is 0. The average molecular weight is 283 g/mol. The Morgan fingerprint density at radius 2 is 2.10 bits per heavy atom. The van der Waals surface area contributed by atoms with E-state index >= 15 is 0 Å². The molecule has 0 radical (unpaired) electrons. The lowest BCUT2D eigenvalue weighted by atomic mass is 10.1. The number of carboxylic acids is 1. The van der Waals surface area contributed by atoms with Crippen molar-refractivity contribution in [2.24, 2.45) is 11.7 Å². The van der Waals surface area contributed by atoms with Gasteiger partial charge in [-0.05, 0) is 12.8 Å². The lowest BCUT2D eigenvalue weighted by Crippen LogP contribution is -2.47. The van der Waals surface area contributed by atoms with Crippen molar-refractivity contribution in [3.05, 3.63) is 12.2 Å². The van der Waals surface area contributed by atoms with Crippen molar-refractivity contribution in [3.63, 3.8) is 0 Å². The minimum Gasteiger partial charge on any atom is -0.481 e. The van der Waals surface area contributed by atoms with E-state index in [1.165, 1.54) is 4.90 Å². The van der Waals surface area contributed by atoms with Crippen molar-refractivity contribution < 1.29 is 19.5 Å². The highest BCUT2D eigenvalue weighted by Gasteiger charge is 2.26. The van der Waals surface area contributed by atoms with Gasteiger partial charge >= 0.3 is 12.0 Å². The lowest BCUT2D eigenvalue weighted by molar-refractivity contribution is -0.140. The number of hydrogen-bond acceptors (Lipinski definition) is 3. The molecule has 0 aromatic carbocycles. The number of amides is 3. The summed E-state index contributed by atoms with van der Waals surface area (Å²) in [5.74, 6) is -2.04. The zero-order valence-electron chi connectivity index (χ0n) is 11.5. The van der Waals surface area contributed by atoms with Gasteiger partial charge in [0, 0.05) is 6.54 Å². The fourth-order valence-corrected chi connectivity index (χ4v) is 2.03. The Morgan fingerprint density at radius 3 is 2.60 bits per heavy atom. The van der Waals surface area contributed by atoms with Crippen molar-refractivity contribution in [3.8, 4) is 0 Å². The molecule has 112 valence electrons. The van der Waals surface area contributed by atoms with E-state index in [9.17, 15) is 14.4 Å². The number of aliphatic carboxylic acids is 1. The average Bonchev–Trinajstić information content (AvgIpc) is 2.82.